The fourth-order valence-electron chi connectivity index (χ4n) is 4.06. The number of amides is 3. The van der Waals surface area contributed by atoms with Crippen LogP contribution < -0.4 is 16.0 Å². The van der Waals surface area contributed by atoms with Gasteiger partial charge in [0.25, 0.3) is 0 Å². The number of carbonyl (C=O) groups is 3. The van der Waals surface area contributed by atoms with Crippen LogP contribution in [0.3, 0.4) is 0 Å². The third-order valence-electron chi connectivity index (χ3n) is 6.53. The number of nitrogens with one attached hydrogen (secondary N) is 3. The molecule has 188 valence electrons. The molecule has 9 heteroatoms. The lowest BCUT2D eigenvalue weighted by Crippen LogP contribution is -2.56. The Morgan fingerprint density at radius 1 is 1.00 bits per heavy atom. The summed E-state index contributed by atoms with van der Waals surface area (Å²) in [7, 11) is 1.62. The zero-order valence-electron chi connectivity index (χ0n) is 20.1. The van der Waals surface area contributed by atoms with Crippen LogP contribution in [0.15, 0.2) is 24.3 Å². The molecule has 3 rings (SSSR count). The van der Waals surface area contributed by atoms with Crippen molar-refractivity contribution in [2.45, 2.75) is 63.6 Å². The molecule has 0 bridgehead atoms. The number of hydrogen-bond acceptors (Lipinski definition) is 5. The zero-order valence-corrected chi connectivity index (χ0v) is 20.1. The molecule has 3 amide bonds. The van der Waals surface area contributed by atoms with Gasteiger partial charge in [0.15, 0.2) is 0 Å². The second kappa shape index (κ2) is 12.8. The quantitative estimate of drug-likeness (QED) is 0.612. The largest absolute Gasteiger partial charge is 0.380 e. The second-order valence-corrected chi connectivity index (χ2v) is 9.25. The van der Waals surface area contributed by atoms with Gasteiger partial charge >= 0.3 is 0 Å². The second-order valence-electron chi connectivity index (χ2n) is 9.25. The summed E-state index contributed by atoms with van der Waals surface area (Å²) in [4.78, 5) is 40.6. The van der Waals surface area contributed by atoms with E-state index in [4.69, 9.17) is 4.74 Å². The fourth-order valence-corrected chi connectivity index (χ4v) is 4.06. The Labute approximate surface area is 201 Å². The summed E-state index contributed by atoms with van der Waals surface area (Å²) in [5.74, 6) is -0.928. The molecular formula is C25H37FN4O4. The molecule has 0 radical (unpaired) electrons. The SMILES string of the molecule is C[C@@H]1C(=O)N[C@@H](Cc2ccc(F)cc2)C(=O)NCCCCCOCCN[C@@H](C2CC2)C(=O)N1C. The Morgan fingerprint density at radius 3 is 2.44 bits per heavy atom. The van der Waals surface area contributed by atoms with E-state index in [1.165, 1.54) is 17.0 Å². The van der Waals surface area contributed by atoms with Crippen LogP contribution in [-0.4, -0.2) is 74.1 Å². The molecule has 1 aliphatic carbocycles. The molecule has 1 saturated carbocycles. The van der Waals surface area contributed by atoms with Gasteiger partial charge in [-0.3, -0.25) is 14.4 Å². The van der Waals surface area contributed by atoms with Gasteiger partial charge in [-0.05, 0) is 62.6 Å². The summed E-state index contributed by atoms with van der Waals surface area (Å²) >= 11 is 0. The first-order valence-corrected chi connectivity index (χ1v) is 12.3. The van der Waals surface area contributed by atoms with E-state index < -0.39 is 18.0 Å². The van der Waals surface area contributed by atoms with Crippen LogP contribution in [0.4, 0.5) is 4.39 Å². The number of likely N-dealkylation sites (N-methyl/N-ethyl adjacent to an activating group) is 1. The maximum absolute atomic E-state index is 13.3. The molecule has 0 aromatic heterocycles. The van der Waals surface area contributed by atoms with E-state index in [1.807, 2.05) is 0 Å². The maximum Gasteiger partial charge on any atom is 0.243 e. The summed E-state index contributed by atoms with van der Waals surface area (Å²) in [5, 5.41) is 9.02. The monoisotopic (exact) mass is 476 g/mol. The van der Waals surface area contributed by atoms with E-state index in [0.717, 1.165) is 37.7 Å². The number of carbonyl (C=O) groups excluding carboxylic acids is 3. The van der Waals surface area contributed by atoms with Crippen LogP contribution in [0.25, 0.3) is 0 Å². The lowest BCUT2D eigenvalue weighted by atomic mass is 10.0. The van der Waals surface area contributed by atoms with E-state index >= 15 is 0 Å². The van der Waals surface area contributed by atoms with Crippen molar-refractivity contribution in [1.29, 1.82) is 0 Å². The van der Waals surface area contributed by atoms with Gasteiger partial charge in [-0.2, -0.15) is 0 Å². The minimum Gasteiger partial charge on any atom is -0.380 e. The van der Waals surface area contributed by atoms with Crippen molar-refractivity contribution in [3.63, 3.8) is 0 Å². The molecule has 8 nitrogen and oxygen atoms in total. The van der Waals surface area contributed by atoms with Crippen LogP contribution in [0, 0.1) is 11.7 Å². The first-order chi connectivity index (χ1) is 16.4. The van der Waals surface area contributed by atoms with Crippen molar-refractivity contribution in [3.05, 3.63) is 35.6 Å². The lowest BCUT2D eigenvalue weighted by molar-refractivity contribution is -0.141. The zero-order chi connectivity index (χ0) is 24.5. The first kappa shape index (κ1) is 26.1. The molecule has 34 heavy (non-hydrogen) atoms. The Hall–Kier alpha value is -2.52. The molecule has 3 atom stereocenters. The van der Waals surface area contributed by atoms with E-state index in [9.17, 15) is 18.8 Å². The molecular weight excluding hydrogens is 439 g/mol. The minimum absolute atomic E-state index is 0.134. The van der Waals surface area contributed by atoms with Crippen molar-refractivity contribution >= 4 is 17.7 Å². The van der Waals surface area contributed by atoms with E-state index in [1.54, 1.807) is 26.1 Å². The summed E-state index contributed by atoms with van der Waals surface area (Å²) in [6, 6.07) is 3.94. The van der Waals surface area contributed by atoms with Gasteiger partial charge in [-0.25, -0.2) is 4.39 Å². The summed E-state index contributed by atoms with van der Waals surface area (Å²) in [6.07, 6.45) is 4.80. The van der Waals surface area contributed by atoms with Gasteiger partial charge in [0.1, 0.15) is 17.9 Å². The highest BCUT2D eigenvalue weighted by Crippen LogP contribution is 2.33. The molecule has 1 saturated heterocycles. The molecule has 0 spiro atoms. The highest BCUT2D eigenvalue weighted by Gasteiger charge is 2.39. The number of halogens is 1. The van der Waals surface area contributed by atoms with Crippen LogP contribution in [0.5, 0.6) is 0 Å². The molecule has 2 aliphatic rings. The number of benzene rings is 1. The standard InChI is InChI=1S/C25H37FN4O4/c1-17-23(31)29-21(16-18-6-10-20(26)11-7-18)24(32)28-12-4-3-5-14-34-15-13-27-22(19-8-9-19)25(33)30(17)2/h6-7,10-11,17,19,21-22,27H,3-5,8-9,12-16H2,1-2H3,(H,28,32)(H,29,31)/t17-,21+,22+/m1/s1. The number of nitrogens with zero attached hydrogens (tertiary/aromatic N) is 1. The van der Waals surface area contributed by atoms with Crippen LogP contribution in [0.1, 0.15) is 44.6 Å². The average molecular weight is 477 g/mol. The maximum atomic E-state index is 13.3. The summed E-state index contributed by atoms with van der Waals surface area (Å²) in [5.41, 5.74) is 0.733. The third kappa shape index (κ3) is 7.77. The van der Waals surface area contributed by atoms with Gasteiger partial charge in [0, 0.05) is 33.2 Å². The van der Waals surface area contributed by atoms with Crippen molar-refractivity contribution in [1.82, 2.24) is 20.9 Å². The topological polar surface area (TPSA) is 99.8 Å². The molecule has 2 fully saturated rings. The van der Waals surface area contributed by atoms with E-state index in [-0.39, 0.29) is 36.0 Å². The molecule has 1 aromatic rings. The highest BCUT2D eigenvalue weighted by atomic mass is 19.1. The number of hydrogen-bond donors (Lipinski definition) is 3. The summed E-state index contributed by atoms with van der Waals surface area (Å²) < 4.78 is 19.0. The molecule has 1 aliphatic heterocycles. The van der Waals surface area contributed by atoms with Gasteiger partial charge in [-0.1, -0.05) is 12.1 Å². The molecule has 1 heterocycles. The third-order valence-corrected chi connectivity index (χ3v) is 6.53. The van der Waals surface area contributed by atoms with Crippen molar-refractivity contribution < 1.29 is 23.5 Å². The van der Waals surface area contributed by atoms with Crippen LogP contribution in [0.2, 0.25) is 0 Å². The molecule has 3 N–H and O–H groups in total. The minimum atomic E-state index is -0.830. The fraction of sp³-hybridized carbons (Fsp3) is 0.640. The summed E-state index contributed by atoms with van der Waals surface area (Å²) in [6.45, 7) is 3.89. The van der Waals surface area contributed by atoms with Gasteiger partial charge in [-0.15, -0.1) is 0 Å². The molecule has 1 aromatic carbocycles. The smallest absolute Gasteiger partial charge is 0.243 e. The normalized spacial score (nSPS) is 26.9. The van der Waals surface area contributed by atoms with Gasteiger partial charge < -0.3 is 25.6 Å². The Balaban J connectivity index is 1.73. The Kier molecular flexibility index (Phi) is 9.83. The van der Waals surface area contributed by atoms with Crippen LogP contribution >= 0.6 is 0 Å². The predicted octanol–water partition coefficient (Wildman–Crippen LogP) is 1.38. The van der Waals surface area contributed by atoms with E-state index in [2.05, 4.69) is 16.0 Å². The average Bonchev–Trinajstić information content (AvgIpc) is 3.66. The predicted molar refractivity (Wildman–Crippen MR) is 126 cm³/mol. The Morgan fingerprint density at radius 2 is 1.74 bits per heavy atom. The van der Waals surface area contributed by atoms with Gasteiger partial charge in [0.2, 0.25) is 17.7 Å². The Bertz CT molecular complexity index is 831. The van der Waals surface area contributed by atoms with Crippen LogP contribution in [-0.2, 0) is 25.5 Å². The van der Waals surface area contributed by atoms with Crippen molar-refractivity contribution in [2.24, 2.45) is 5.92 Å². The van der Waals surface area contributed by atoms with Gasteiger partial charge in [0.05, 0.1) is 12.6 Å². The highest BCUT2D eigenvalue weighted by molar-refractivity contribution is 5.93. The first-order valence-electron chi connectivity index (χ1n) is 12.3. The number of ether oxygens (including phenoxy) is 1. The van der Waals surface area contributed by atoms with Crippen molar-refractivity contribution in [3.8, 4) is 0 Å². The lowest BCUT2D eigenvalue weighted by Gasteiger charge is -2.30. The van der Waals surface area contributed by atoms with E-state index in [0.29, 0.717) is 26.3 Å². The number of rotatable bonds is 3. The van der Waals surface area contributed by atoms with Crippen molar-refractivity contribution in [2.75, 3.05) is 33.4 Å². The molecule has 0 unspecified atom stereocenters.